The van der Waals surface area contributed by atoms with Gasteiger partial charge in [0.05, 0.1) is 0 Å². The maximum absolute atomic E-state index is 6.10. The summed E-state index contributed by atoms with van der Waals surface area (Å²) in [6, 6.07) is 0.893. The van der Waals surface area contributed by atoms with Crippen molar-refractivity contribution in [2.45, 2.75) is 63.5 Å². The molecule has 1 aliphatic heterocycles. The fourth-order valence-electron chi connectivity index (χ4n) is 4.80. The average Bonchev–Trinajstić information content (AvgIpc) is 2.72. The minimum Gasteiger partial charge on any atom is -0.329 e. The van der Waals surface area contributed by atoms with Crippen molar-refractivity contribution in [1.29, 1.82) is 0 Å². The highest BCUT2D eigenvalue weighted by Gasteiger charge is 2.50. The normalized spacial score (nSPS) is 48.8. The molecular formula is C14H26N2. The second-order valence-corrected chi connectivity index (χ2v) is 6.54. The van der Waals surface area contributed by atoms with E-state index < -0.39 is 0 Å². The SMILES string of the molecule is CC1CC(CN)(N2CCCC3CCCC32)C1. The van der Waals surface area contributed by atoms with Gasteiger partial charge in [-0.1, -0.05) is 13.3 Å². The van der Waals surface area contributed by atoms with Gasteiger partial charge in [-0.3, -0.25) is 4.90 Å². The molecule has 1 saturated heterocycles. The Balaban J connectivity index is 1.77. The summed E-state index contributed by atoms with van der Waals surface area (Å²) in [6.07, 6.45) is 9.99. The van der Waals surface area contributed by atoms with Crippen LogP contribution in [0, 0.1) is 11.8 Å². The van der Waals surface area contributed by atoms with E-state index in [1.54, 1.807) is 0 Å². The van der Waals surface area contributed by atoms with E-state index in [1.807, 2.05) is 0 Å². The molecular weight excluding hydrogens is 196 g/mol. The van der Waals surface area contributed by atoms with E-state index in [1.165, 1.54) is 51.5 Å². The molecule has 0 bridgehead atoms. The van der Waals surface area contributed by atoms with E-state index in [2.05, 4.69) is 11.8 Å². The van der Waals surface area contributed by atoms with Crippen LogP contribution in [0.3, 0.4) is 0 Å². The Labute approximate surface area is 99.6 Å². The van der Waals surface area contributed by atoms with Crippen LogP contribution in [-0.2, 0) is 0 Å². The molecule has 2 saturated carbocycles. The molecule has 2 aliphatic carbocycles. The Morgan fingerprint density at radius 3 is 2.62 bits per heavy atom. The van der Waals surface area contributed by atoms with Crippen LogP contribution in [-0.4, -0.2) is 29.6 Å². The predicted molar refractivity (Wildman–Crippen MR) is 67.3 cm³/mol. The lowest BCUT2D eigenvalue weighted by Crippen LogP contribution is -2.65. The van der Waals surface area contributed by atoms with Gasteiger partial charge >= 0.3 is 0 Å². The highest BCUT2D eigenvalue weighted by atomic mass is 15.3. The van der Waals surface area contributed by atoms with Crippen molar-refractivity contribution in [3.8, 4) is 0 Å². The standard InChI is InChI=1S/C14H26N2/c1-11-8-14(9-11,10-15)16-7-3-5-12-4-2-6-13(12)16/h11-13H,2-10,15H2,1H3. The first-order valence-electron chi connectivity index (χ1n) is 7.22. The van der Waals surface area contributed by atoms with Crippen molar-refractivity contribution in [1.82, 2.24) is 4.90 Å². The van der Waals surface area contributed by atoms with E-state index in [0.29, 0.717) is 5.54 Å². The zero-order valence-electron chi connectivity index (χ0n) is 10.6. The molecule has 92 valence electrons. The fraction of sp³-hybridized carbons (Fsp3) is 1.00. The topological polar surface area (TPSA) is 29.3 Å². The Morgan fingerprint density at radius 2 is 1.94 bits per heavy atom. The van der Waals surface area contributed by atoms with Gasteiger partial charge in [-0.15, -0.1) is 0 Å². The average molecular weight is 222 g/mol. The zero-order chi connectivity index (χ0) is 11.2. The van der Waals surface area contributed by atoms with Gasteiger partial charge < -0.3 is 5.73 Å². The van der Waals surface area contributed by atoms with Crippen LogP contribution in [0.15, 0.2) is 0 Å². The number of nitrogens with two attached hydrogens (primary N) is 1. The minimum absolute atomic E-state index is 0.410. The summed E-state index contributed by atoms with van der Waals surface area (Å²) in [5.41, 5.74) is 6.51. The van der Waals surface area contributed by atoms with E-state index >= 15 is 0 Å². The summed E-state index contributed by atoms with van der Waals surface area (Å²) in [6.45, 7) is 4.59. The Hall–Kier alpha value is -0.0800. The molecule has 3 fully saturated rings. The van der Waals surface area contributed by atoms with E-state index in [4.69, 9.17) is 5.73 Å². The van der Waals surface area contributed by atoms with E-state index in [-0.39, 0.29) is 0 Å². The largest absolute Gasteiger partial charge is 0.329 e. The van der Waals surface area contributed by atoms with Gasteiger partial charge in [0.1, 0.15) is 0 Å². The van der Waals surface area contributed by atoms with E-state index in [9.17, 15) is 0 Å². The summed E-state index contributed by atoms with van der Waals surface area (Å²) in [4.78, 5) is 2.84. The van der Waals surface area contributed by atoms with Gasteiger partial charge in [-0.25, -0.2) is 0 Å². The first kappa shape index (κ1) is 11.0. The highest BCUT2D eigenvalue weighted by molar-refractivity contribution is 5.06. The third-order valence-electron chi connectivity index (χ3n) is 5.44. The monoisotopic (exact) mass is 222 g/mol. The molecule has 2 heteroatoms. The molecule has 0 aromatic rings. The Morgan fingerprint density at radius 1 is 1.19 bits per heavy atom. The molecule has 2 atom stereocenters. The third kappa shape index (κ3) is 1.53. The van der Waals surface area contributed by atoms with Gasteiger partial charge in [-0.2, -0.15) is 0 Å². The van der Waals surface area contributed by atoms with Crippen LogP contribution < -0.4 is 5.73 Å². The lowest BCUT2D eigenvalue weighted by Gasteiger charge is -2.58. The van der Waals surface area contributed by atoms with Gasteiger partial charge in [0.25, 0.3) is 0 Å². The van der Waals surface area contributed by atoms with Gasteiger partial charge in [-0.05, 0) is 56.9 Å². The number of rotatable bonds is 2. The van der Waals surface area contributed by atoms with Crippen molar-refractivity contribution in [3.63, 3.8) is 0 Å². The minimum atomic E-state index is 0.410. The maximum atomic E-state index is 6.10. The van der Waals surface area contributed by atoms with E-state index in [0.717, 1.165) is 24.4 Å². The first-order valence-corrected chi connectivity index (χ1v) is 7.22. The Kier molecular flexibility index (Phi) is 2.75. The lowest BCUT2D eigenvalue weighted by atomic mass is 9.66. The van der Waals surface area contributed by atoms with Crippen molar-refractivity contribution in [3.05, 3.63) is 0 Å². The van der Waals surface area contributed by atoms with Crippen LogP contribution in [0.4, 0.5) is 0 Å². The van der Waals surface area contributed by atoms with Gasteiger partial charge in [0.15, 0.2) is 0 Å². The zero-order valence-corrected chi connectivity index (χ0v) is 10.6. The highest BCUT2D eigenvalue weighted by Crippen LogP contribution is 2.48. The molecule has 3 aliphatic rings. The molecule has 0 spiro atoms. The van der Waals surface area contributed by atoms with Crippen LogP contribution in [0.5, 0.6) is 0 Å². The molecule has 16 heavy (non-hydrogen) atoms. The number of hydrogen-bond donors (Lipinski definition) is 1. The maximum Gasteiger partial charge on any atom is 0.0339 e. The fourth-order valence-corrected chi connectivity index (χ4v) is 4.80. The molecule has 0 aromatic carbocycles. The van der Waals surface area contributed by atoms with Crippen molar-refractivity contribution >= 4 is 0 Å². The second kappa shape index (κ2) is 3.99. The van der Waals surface area contributed by atoms with Gasteiger partial charge in [0.2, 0.25) is 0 Å². The molecule has 2 unspecified atom stereocenters. The molecule has 3 rings (SSSR count). The summed E-state index contributed by atoms with van der Waals surface area (Å²) in [7, 11) is 0. The third-order valence-corrected chi connectivity index (χ3v) is 5.44. The van der Waals surface area contributed by atoms with Crippen LogP contribution in [0.25, 0.3) is 0 Å². The molecule has 0 aromatic heterocycles. The summed E-state index contributed by atoms with van der Waals surface area (Å²) < 4.78 is 0. The molecule has 0 amide bonds. The quantitative estimate of drug-likeness (QED) is 0.777. The molecule has 2 N–H and O–H groups in total. The van der Waals surface area contributed by atoms with Crippen LogP contribution >= 0.6 is 0 Å². The Bertz CT molecular complexity index is 257. The number of fused-ring (bicyclic) bond motifs is 1. The first-order chi connectivity index (χ1) is 7.75. The van der Waals surface area contributed by atoms with Crippen molar-refractivity contribution < 1.29 is 0 Å². The smallest absolute Gasteiger partial charge is 0.0339 e. The van der Waals surface area contributed by atoms with Crippen molar-refractivity contribution in [2.24, 2.45) is 17.6 Å². The molecule has 2 nitrogen and oxygen atoms in total. The summed E-state index contributed by atoms with van der Waals surface area (Å²) >= 11 is 0. The second-order valence-electron chi connectivity index (χ2n) is 6.54. The lowest BCUT2D eigenvalue weighted by molar-refractivity contribution is -0.0665. The number of nitrogens with zero attached hydrogens (tertiary/aromatic N) is 1. The van der Waals surface area contributed by atoms with Gasteiger partial charge in [0, 0.05) is 18.1 Å². The number of likely N-dealkylation sites (tertiary alicyclic amines) is 1. The van der Waals surface area contributed by atoms with Crippen LogP contribution in [0.1, 0.15) is 51.9 Å². The number of piperidine rings is 1. The summed E-state index contributed by atoms with van der Waals surface area (Å²) in [5, 5.41) is 0. The molecule has 0 radical (unpaired) electrons. The molecule has 1 heterocycles. The predicted octanol–water partition coefficient (Wildman–Crippen LogP) is 2.38. The van der Waals surface area contributed by atoms with Crippen LogP contribution in [0.2, 0.25) is 0 Å². The number of hydrogen-bond acceptors (Lipinski definition) is 2. The van der Waals surface area contributed by atoms with Crippen molar-refractivity contribution in [2.75, 3.05) is 13.1 Å². The summed E-state index contributed by atoms with van der Waals surface area (Å²) in [5.74, 6) is 1.92.